The summed E-state index contributed by atoms with van der Waals surface area (Å²) in [4.78, 5) is 0. The van der Waals surface area contributed by atoms with Gasteiger partial charge in [0.25, 0.3) is 0 Å². The van der Waals surface area contributed by atoms with E-state index in [1.54, 1.807) is 6.07 Å². The van der Waals surface area contributed by atoms with Crippen LogP contribution in [0.2, 0.25) is 0 Å². The molecule has 1 atom stereocenters. The van der Waals surface area contributed by atoms with Crippen molar-refractivity contribution in [2.75, 3.05) is 20.2 Å². The Morgan fingerprint density at radius 1 is 1.33 bits per heavy atom. The first kappa shape index (κ1) is 15.0. The van der Waals surface area contributed by atoms with Gasteiger partial charge in [-0.3, -0.25) is 0 Å². The van der Waals surface area contributed by atoms with Crippen LogP contribution in [-0.4, -0.2) is 20.2 Å². The minimum absolute atomic E-state index is 0.214. The Kier molecular flexibility index (Phi) is 6.73. The lowest BCUT2D eigenvalue weighted by Crippen LogP contribution is -2.18. The lowest BCUT2D eigenvalue weighted by Gasteiger charge is -2.13. The summed E-state index contributed by atoms with van der Waals surface area (Å²) >= 11 is 0. The van der Waals surface area contributed by atoms with Gasteiger partial charge in [-0.25, -0.2) is 4.39 Å². The smallest absolute Gasteiger partial charge is 0.168 e. The highest BCUT2D eigenvalue weighted by Crippen LogP contribution is 2.22. The van der Waals surface area contributed by atoms with Crippen molar-refractivity contribution in [3.8, 4) is 5.75 Å². The van der Waals surface area contributed by atoms with E-state index in [0.717, 1.165) is 37.9 Å². The van der Waals surface area contributed by atoms with Gasteiger partial charge in [0.15, 0.2) is 11.6 Å². The number of rotatable bonds is 8. The van der Waals surface area contributed by atoms with Crippen molar-refractivity contribution in [3.63, 3.8) is 0 Å². The molecule has 0 aliphatic carbocycles. The van der Waals surface area contributed by atoms with E-state index in [0.29, 0.717) is 11.7 Å². The Hall–Kier alpha value is -1.09. The topological polar surface area (TPSA) is 21.3 Å². The van der Waals surface area contributed by atoms with E-state index in [-0.39, 0.29) is 5.82 Å². The molecule has 0 fully saturated rings. The second-order valence-electron chi connectivity index (χ2n) is 4.78. The van der Waals surface area contributed by atoms with E-state index < -0.39 is 0 Å². The van der Waals surface area contributed by atoms with Crippen LogP contribution in [0.4, 0.5) is 4.39 Å². The van der Waals surface area contributed by atoms with Crippen molar-refractivity contribution in [2.45, 2.75) is 33.1 Å². The van der Waals surface area contributed by atoms with Gasteiger partial charge in [-0.1, -0.05) is 26.0 Å². The number of ether oxygens (including phenoxy) is 1. The first-order chi connectivity index (χ1) is 8.69. The fourth-order valence-corrected chi connectivity index (χ4v) is 2.00. The molecule has 0 aliphatic heterocycles. The second-order valence-corrected chi connectivity index (χ2v) is 4.78. The van der Waals surface area contributed by atoms with Crippen LogP contribution in [0.5, 0.6) is 5.75 Å². The van der Waals surface area contributed by atoms with Gasteiger partial charge >= 0.3 is 0 Å². The van der Waals surface area contributed by atoms with Crippen LogP contribution in [-0.2, 0) is 6.42 Å². The predicted molar refractivity (Wildman–Crippen MR) is 73.6 cm³/mol. The summed E-state index contributed by atoms with van der Waals surface area (Å²) < 4.78 is 18.9. The maximum absolute atomic E-state index is 13.9. The van der Waals surface area contributed by atoms with Gasteiger partial charge < -0.3 is 10.1 Å². The Morgan fingerprint density at radius 2 is 2.11 bits per heavy atom. The van der Waals surface area contributed by atoms with Crippen LogP contribution in [0, 0.1) is 11.7 Å². The highest BCUT2D eigenvalue weighted by atomic mass is 19.1. The molecule has 1 rings (SSSR count). The monoisotopic (exact) mass is 253 g/mol. The highest BCUT2D eigenvalue weighted by Gasteiger charge is 2.11. The largest absolute Gasteiger partial charge is 0.494 e. The maximum atomic E-state index is 13.9. The van der Waals surface area contributed by atoms with Gasteiger partial charge in [0.2, 0.25) is 0 Å². The molecular formula is C15H24FNO. The molecular weight excluding hydrogens is 229 g/mol. The van der Waals surface area contributed by atoms with E-state index >= 15 is 0 Å². The number of nitrogens with one attached hydrogen (secondary N) is 1. The summed E-state index contributed by atoms with van der Waals surface area (Å²) in [5.41, 5.74) is 0.748. The average Bonchev–Trinajstić information content (AvgIpc) is 2.37. The van der Waals surface area contributed by atoms with Gasteiger partial charge in [-0.2, -0.15) is 0 Å². The molecule has 0 aromatic heterocycles. The quantitative estimate of drug-likeness (QED) is 0.717. The summed E-state index contributed by atoms with van der Waals surface area (Å²) in [7, 11) is 1.50. The van der Waals surface area contributed by atoms with Gasteiger partial charge in [0.05, 0.1) is 7.11 Å². The fourth-order valence-electron chi connectivity index (χ4n) is 2.00. The third kappa shape index (κ3) is 4.65. The summed E-state index contributed by atoms with van der Waals surface area (Å²) in [5, 5.41) is 3.37. The van der Waals surface area contributed by atoms with Gasteiger partial charge in [0, 0.05) is 0 Å². The minimum atomic E-state index is -0.214. The molecule has 102 valence electrons. The molecule has 0 saturated heterocycles. The normalized spacial score (nSPS) is 12.4. The summed E-state index contributed by atoms with van der Waals surface area (Å²) in [6, 6.07) is 5.35. The molecule has 1 N–H and O–H groups in total. The van der Waals surface area contributed by atoms with Crippen LogP contribution in [0.1, 0.15) is 32.3 Å². The standard InChI is InChI=1S/C15H24FNO/c1-4-9-17-10-8-12(2)11-13-6-5-7-14(18-3)15(13)16/h5-7,12,17H,4,8-11H2,1-3H3. The van der Waals surface area contributed by atoms with E-state index in [1.165, 1.54) is 7.11 Å². The molecule has 18 heavy (non-hydrogen) atoms. The van der Waals surface area contributed by atoms with Crippen molar-refractivity contribution < 1.29 is 9.13 Å². The molecule has 0 radical (unpaired) electrons. The number of hydrogen-bond acceptors (Lipinski definition) is 2. The van der Waals surface area contributed by atoms with E-state index in [4.69, 9.17) is 4.74 Å². The van der Waals surface area contributed by atoms with Crippen LogP contribution in [0.15, 0.2) is 18.2 Å². The number of halogens is 1. The Balaban J connectivity index is 2.46. The average molecular weight is 253 g/mol. The molecule has 0 amide bonds. The Labute approximate surface area is 110 Å². The zero-order valence-electron chi connectivity index (χ0n) is 11.6. The highest BCUT2D eigenvalue weighted by molar-refractivity contribution is 5.31. The third-order valence-electron chi connectivity index (χ3n) is 3.07. The minimum Gasteiger partial charge on any atom is -0.494 e. The van der Waals surface area contributed by atoms with Crippen molar-refractivity contribution in [1.82, 2.24) is 5.32 Å². The fraction of sp³-hybridized carbons (Fsp3) is 0.600. The first-order valence-electron chi connectivity index (χ1n) is 6.71. The second kappa shape index (κ2) is 8.09. The van der Waals surface area contributed by atoms with Crippen LogP contribution in [0.3, 0.4) is 0 Å². The zero-order valence-corrected chi connectivity index (χ0v) is 11.6. The van der Waals surface area contributed by atoms with Crippen molar-refractivity contribution in [3.05, 3.63) is 29.6 Å². The third-order valence-corrected chi connectivity index (χ3v) is 3.07. The molecule has 1 unspecified atom stereocenters. The lowest BCUT2D eigenvalue weighted by molar-refractivity contribution is 0.381. The van der Waals surface area contributed by atoms with Crippen molar-refractivity contribution >= 4 is 0 Å². The van der Waals surface area contributed by atoms with Crippen molar-refractivity contribution in [2.24, 2.45) is 5.92 Å². The summed E-state index contributed by atoms with van der Waals surface area (Å²) in [5.74, 6) is 0.591. The SMILES string of the molecule is CCCNCCC(C)Cc1cccc(OC)c1F. The number of hydrogen-bond donors (Lipinski definition) is 1. The number of methoxy groups -OCH3 is 1. The number of benzene rings is 1. The Bertz CT molecular complexity index is 354. The van der Waals surface area contributed by atoms with Crippen LogP contribution >= 0.6 is 0 Å². The Morgan fingerprint density at radius 3 is 2.78 bits per heavy atom. The van der Waals surface area contributed by atoms with Crippen molar-refractivity contribution in [1.29, 1.82) is 0 Å². The van der Waals surface area contributed by atoms with E-state index in [1.807, 2.05) is 12.1 Å². The molecule has 0 spiro atoms. The molecule has 0 bridgehead atoms. The van der Waals surface area contributed by atoms with E-state index in [2.05, 4.69) is 19.2 Å². The van der Waals surface area contributed by atoms with Crippen LogP contribution in [0.25, 0.3) is 0 Å². The molecule has 0 heterocycles. The molecule has 2 nitrogen and oxygen atoms in total. The summed E-state index contributed by atoms with van der Waals surface area (Å²) in [6.45, 7) is 6.37. The zero-order chi connectivity index (χ0) is 13.4. The van der Waals surface area contributed by atoms with E-state index in [9.17, 15) is 4.39 Å². The van der Waals surface area contributed by atoms with Gasteiger partial charge in [-0.05, 0) is 49.9 Å². The lowest BCUT2D eigenvalue weighted by atomic mass is 9.97. The van der Waals surface area contributed by atoms with Crippen LogP contribution < -0.4 is 10.1 Å². The maximum Gasteiger partial charge on any atom is 0.168 e. The molecule has 0 aliphatic rings. The molecule has 0 saturated carbocycles. The summed E-state index contributed by atoms with van der Waals surface area (Å²) in [6.07, 6.45) is 2.98. The molecule has 1 aromatic rings. The van der Waals surface area contributed by atoms with Gasteiger partial charge in [-0.15, -0.1) is 0 Å². The molecule has 3 heteroatoms. The van der Waals surface area contributed by atoms with Gasteiger partial charge in [0.1, 0.15) is 0 Å². The predicted octanol–water partition coefficient (Wildman–Crippen LogP) is 3.40. The molecule has 1 aromatic carbocycles. The first-order valence-corrected chi connectivity index (χ1v) is 6.71.